The Morgan fingerprint density at radius 2 is 1.52 bits per heavy atom. The first-order valence-electron chi connectivity index (χ1n) is 11.6. The monoisotopic (exact) mass is 406 g/mol. The molecule has 4 aromatic rings. The molecule has 0 saturated heterocycles. The van der Waals surface area contributed by atoms with E-state index in [9.17, 15) is 0 Å². The zero-order chi connectivity index (χ0) is 21.5. The van der Waals surface area contributed by atoms with Crippen LogP contribution in [0.4, 0.5) is 0 Å². The molecule has 0 atom stereocenters. The summed E-state index contributed by atoms with van der Waals surface area (Å²) in [7, 11) is 2.17. The Balaban J connectivity index is 1.62. The molecule has 0 spiro atoms. The number of aryl methyl sites for hydroxylation is 4. The van der Waals surface area contributed by atoms with E-state index in [1.165, 1.54) is 81.1 Å². The van der Waals surface area contributed by atoms with E-state index in [2.05, 4.69) is 99.2 Å². The standard InChI is InChI=1S/C30H32N/c1-20-8-7-9-21(2)29(20)26-13-14-27(22(3)18-26)30-28-15-12-24(23-10-5-6-11-23)19-25(28)16-17-31(30)4/h7-9,12-19,23H,5-6,10-11H2,1-4H3/q+1. The van der Waals surface area contributed by atoms with Crippen LogP contribution in [0.3, 0.4) is 0 Å². The maximum absolute atomic E-state index is 2.44. The molecular weight excluding hydrogens is 374 g/mol. The van der Waals surface area contributed by atoms with Crippen molar-refractivity contribution < 1.29 is 4.57 Å². The van der Waals surface area contributed by atoms with Crippen molar-refractivity contribution in [2.75, 3.05) is 0 Å². The van der Waals surface area contributed by atoms with Gasteiger partial charge in [-0.05, 0) is 90.4 Å². The summed E-state index contributed by atoms with van der Waals surface area (Å²) in [6, 6.07) is 23.0. The van der Waals surface area contributed by atoms with Crippen LogP contribution in [0.5, 0.6) is 0 Å². The number of benzene rings is 3. The molecule has 31 heavy (non-hydrogen) atoms. The second-order valence-electron chi connectivity index (χ2n) is 9.40. The molecule has 1 saturated carbocycles. The lowest BCUT2D eigenvalue weighted by Crippen LogP contribution is -2.30. The molecule has 0 amide bonds. The predicted molar refractivity (Wildman–Crippen MR) is 131 cm³/mol. The molecule has 0 bridgehead atoms. The third-order valence-electron chi connectivity index (χ3n) is 7.24. The fourth-order valence-corrected chi connectivity index (χ4v) is 5.59. The van der Waals surface area contributed by atoms with Crippen molar-refractivity contribution in [3.05, 3.63) is 89.1 Å². The minimum atomic E-state index is 0.750. The number of nitrogens with zero attached hydrogens (tertiary/aromatic N) is 1. The van der Waals surface area contributed by atoms with Gasteiger partial charge in [-0.3, -0.25) is 0 Å². The number of hydrogen-bond acceptors (Lipinski definition) is 0. The maximum Gasteiger partial charge on any atom is 0.220 e. The van der Waals surface area contributed by atoms with Crippen molar-refractivity contribution >= 4 is 10.8 Å². The van der Waals surface area contributed by atoms with Gasteiger partial charge in [0.1, 0.15) is 7.05 Å². The van der Waals surface area contributed by atoms with Crippen molar-refractivity contribution in [3.8, 4) is 22.4 Å². The van der Waals surface area contributed by atoms with Gasteiger partial charge in [0.05, 0.1) is 5.39 Å². The minimum absolute atomic E-state index is 0.750. The summed E-state index contributed by atoms with van der Waals surface area (Å²) in [4.78, 5) is 0. The van der Waals surface area contributed by atoms with Crippen molar-refractivity contribution in [2.24, 2.45) is 7.05 Å². The lowest BCUT2D eigenvalue weighted by Gasteiger charge is -2.14. The maximum atomic E-state index is 2.44. The van der Waals surface area contributed by atoms with E-state index in [0.717, 1.165) is 5.92 Å². The van der Waals surface area contributed by atoms with Crippen LogP contribution in [-0.4, -0.2) is 0 Å². The number of fused-ring (bicyclic) bond motifs is 1. The molecule has 3 aromatic carbocycles. The Labute approximate surface area is 186 Å². The Morgan fingerprint density at radius 1 is 0.774 bits per heavy atom. The molecule has 1 heteroatoms. The van der Waals surface area contributed by atoms with Crippen LogP contribution in [0.1, 0.15) is 53.9 Å². The van der Waals surface area contributed by atoms with E-state index in [4.69, 9.17) is 0 Å². The van der Waals surface area contributed by atoms with Crippen LogP contribution in [0.15, 0.2) is 66.9 Å². The molecule has 0 unspecified atom stereocenters. The SMILES string of the molecule is Cc1cc(-c2c(C)cccc2C)ccc1-c1c2ccc(C3CCCC3)cc2cc[n+]1C. The fraction of sp³-hybridized carbons (Fsp3) is 0.300. The summed E-state index contributed by atoms with van der Waals surface area (Å²) in [6.07, 6.45) is 7.66. The summed E-state index contributed by atoms with van der Waals surface area (Å²) >= 11 is 0. The number of pyridine rings is 1. The summed E-state index contributed by atoms with van der Waals surface area (Å²) in [5, 5.41) is 2.70. The summed E-state index contributed by atoms with van der Waals surface area (Å²) in [5.41, 5.74) is 10.8. The van der Waals surface area contributed by atoms with Crippen LogP contribution in [-0.2, 0) is 7.05 Å². The number of rotatable bonds is 3. The molecule has 1 aromatic heterocycles. The van der Waals surface area contributed by atoms with Gasteiger partial charge >= 0.3 is 0 Å². The fourth-order valence-electron chi connectivity index (χ4n) is 5.59. The van der Waals surface area contributed by atoms with E-state index in [1.54, 1.807) is 0 Å². The first-order chi connectivity index (χ1) is 15.0. The third kappa shape index (κ3) is 3.57. The summed E-state index contributed by atoms with van der Waals surface area (Å²) in [5.74, 6) is 0.750. The Bertz CT molecular complexity index is 1260. The van der Waals surface area contributed by atoms with Gasteiger partial charge in [-0.25, -0.2) is 4.57 Å². The highest BCUT2D eigenvalue weighted by atomic mass is 14.9. The number of hydrogen-bond donors (Lipinski definition) is 0. The van der Waals surface area contributed by atoms with Crippen LogP contribution in [0, 0.1) is 20.8 Å². The van der Waals surface area contributed by atoms with E-state index in [1.807, 2.05) is 0 Å². The zero-order valence-electron chi connectivity index (χ0n) is 19.2. The molecule has 5 rings (SSSR count). The molecule has 0 aliphatic heterocycles. The summed E-state index contributed by atoms with van der Waals surface area (Å²) in [6.45, 7) is 6.66. The van der Waals surface area contributed by atoms with Gasteiger partial charge in [-0.2, -0.15) is 0 Å². The summed E-state index contributed by atoms with van der Waals surface area (Å²) < 4.78 is 2.28. The first-order valence-corrected chi connectivity index (χ1v) is 11.6. The van der Waals surface area contributed by atoms with Gasteiger partial charge in [-0.15, -0.1) is 0 Å². The molecule has 1 nitrogen and oxygen atoms in total. The van der Waals surface area contributed by atoms with Crippen molar-refractivity contribution in [3.63, 3.8) is 0 Å². The highest BCUT2D eigenvalue weighted by Gasteiger charge is 2.21. The lowest BCUT2D eigenvalue weighted by molar-refractivity contribution is -0.659. The molecule has 156 valence electrons. The highest BCUT2D eigenvalue weighted by molar-refractivity contribution is 5.94. The largest absolute Gasteiger partial charge is 0.220 e. The smallest absolute Gasteiger partial charge is 0.200 e. The van der Waals surface area contributed by atoms with Crippen LogP contribution >= 0.6 is 0 Å². The molecule has 0 N–H and O–H groups in total. The lowest BCUT2D eigenvalue weighted by atomic mass is 9.90. The molecule has 1 fully saturated rings. The molecule has 1 heterocycles. The van der Waals surface area contributed by atoms with E-state index >= 15 is 0 Å². The number of aromatic nitrogens is 1. The van der Waals surface area contributed by atoms with Gasteiger partial charge in [0.15, 0.2) is 6.20 Å². The van der Waals surface area contributed by atoms with Gasteiger partial charge in [0, 0.05) is 11.6 Å². The predicted octanol–water partition coefficient (Wildman–Crippen LogP) is 7.58. The zero-order valence-corrected chi connectivity index (χ0v) is 19.2. The second-order valence-corrected chi connectivity index (χ2v) is 9.40. The van der Waals surface area contributed by atoms with E-state index in [0.29, 0.717) is 0 Å². The molecule has 1 aliphatic rings. The van der Waals surface area contributed by atoms with Gasteiger partial charge in [0.25, 0.3) is 0 Å². The quantitative estimate of drug-likeness (QED) is 0.309. The Morgan fingerprint density at radius 3 is 2.23 bits per heavy atom. The molecule has 1 aliphatic carbocycles. The topological polar surface area (TPSA) is 3.88 Å². The highest BCUT2D eigenvalue weighted by Crippen LogP contribution is 2.37. The Hall–Kier alpha value is -2.93. The van der Waals surface area contributed by atoms with E-state index < -0.39 is 0 Å². The van der Waals surface area contributed by atoms with Crippen LogP contribution < -0.4 is 4.57 Å². The van der Waals surface area contributed by atoms with Crippen molar-refractivity contribution in [2.45, 2.75) is 52.4 Å². The average molecular weight is 407 g/mol. The third-order valence-corrected chi connectivity index (χ3v) is 7.24. The van der Waals surface area contributed by atoms with Gasteiger partial charge < -0.3 is 0 Å². The van der Waals surface area contributed by atoms with Crippen LogP contribution in [0.2, 0.25) is 0 Å². The van der Waals surface area contributed by atoms with Gasteiger partial charge in [0.2, 0.25) is 5.69 Å². The Kier molecular flexibility index (Phi) is 5.14. The normalized spacial score (nSPS) is 14.5. The molecular formula is C30H32N+. The van der Waals surface area contributed by atoms with E-state index in [-0.39, 0.29) is 0 Å². The average Bonchev–Trinajstić information content (AvgIpc) is 3.29. The van der Waals surface area contributed by atoms with Crippen molar-refractivity contribution in [1.29, 1.82) is 0 Å². The van der Waals surface area contributed by atoms with Crippen molar-refractivity contribution in [1.82, 2.24) is 0 Å². The second kappa shape index (κ2) is 7.96. The molecule has 0 radical (unpaired) electrons. The minimum Gasteiger partial charge on any atom is -0.200 e. The van der Waals surface area contributed by atoms with Gasteiger partial charge in [-0.1, -0.05) is 55.3 Å². The first kappa shape index (κ1) is 20.0. The van der Waals surface area contributed by atoms with Crippen LogP contribution in [0.25, 0.3) is 33.2 Å².